The number of hydrogen-bond donors (Lipinski definition) is 1. The SMILES string of the molecule is O=c1[nH]c2ccccc2n1C1CCN(Cc2ccc(N3Cc4cc(Cl)c(Cl)cc4N=C3c3ccccc3)cc2)CC1. The highest BCUT2D eigenvalue weighted by atomic mass is 35.5. The normalized spacial score (nSPS) is 16.1. The van der Waals surface area contributed by atoms with Crippen LogP contribution in [-0.4, -0.2) is 33.4 Å². The monoisotopic (exact) mass is 581 g/mol. The van der Waals surface area contributed by atoms with Crippen molar-refractivity contribution in [2.75, 3.05) is 18.0 Å². The van der Waals surface area contributed by atoms with Crippen molar-refractivity contribution in [1.29, 1.82) is 0 Å². The molecule has 3 heterocycles. The fourth-order valence-electron chi connectivity index (χ4n) is 6.06. The summed E-state index contributed by atoms with van der Waals surface area (Å²) in [6.07, 6.45) is 1.91. The van der Waals surface area contributed by atoms with Crippen molar-refractivity contribution in [3.05, 3.63) is 128 Å². The quantitative estimate of drug-likeness (QED) is 0.233. The molecule has 0 atom stereocenters. The molecule has 0 spiro atoms. The Morgan fingerprint density at radius 2 is 1.56 bits per heavy atom. The van der Waals surface area contributed by atoms with Gasteiger partial charge in [0.25, 0.3) is 0 Å². The number of rotatable bonds is 5. The predicted octanol–water partition coefficient (Wildman–Crippen LogP) is 7.57. The van der Waals surface area contributed by atoms with Gasteiger partial charge in [-0.15, -0.1) is 0 Å². The molecule has 0 radical (unpaired) electrons. The smallest absolute Gasteiger partial charge is 0.321 e. The van der Waals surface area contributed by atoms with Crippen LogP contribution < -0.4 is 10.6 Å². The van der Waals surface area contributed by atoms with Gasteiger partial charge in [-0.1, -0.05) is 77.8 Å². The first kappa shape index (κ1) is 26.1. The summed E-state index contributed by atoms with van der Waals surface area (Å²) in [7, 11) is 0. The van der Waals surface area contributed by atoms with Crippen molar-refractivity contribution in [3.8, 4) is 0 Å². The lowest BCUT2D eigenvalue weighted by atomic mass is 10.0. The summed E-state index contributed by atoms with van der Waals surface area (Å²) in [6, 6.07) is 30.9. The number of imidazole rings is 1. The number of aromatic amines is 1. The number of benzene rings is 4. The molecule has 8 heteroatoms. The van der Waals surface area contributed by atoms with Crippen LogP contribution >= 0.6 is 23.2 Å². The first-order valence-corrected chi connectivity index (χ1v) is 14.7. The van der Waals surface area contributed by atoms with Gasteiger partial charge in [-0.3, -0.25) is 9.47 Å². The third-order valence-corrected chi connectivity index (χ3v) is 8.89. The van der Waals surface area contributed by atoms with Crippen LogP contribution in [0.3, 0.4) is 0 Å². The molecular formula is C33H29Cl2N5O. The average molecular weight is 583 g/mol. The van der Waals surface area contributed by atoms with Crippen molar-refractivity contribution < 1.29 is 0 Å². The topological polar surface area (TPSA) is 56.6 Å². The maximum absolute atomic E-state index is 12.7. The molecule has 41 heavy (non-hydrogen) atoms. The standard InChI is InChI=1S/C33H29Cl2N5O/c34-27-18-24-21-39(32(23-6-2-1-3-7-23)36-30(24)19-28(27)35)25-12-10-22(11-13-25)20-38-16-14-26(15-17-38)40-31-9-5-4-8-29(31)37-33(40)41/h1-13,18-19,26H,14-17,20-21H2,(H,37,41). The molecule has 0 aliphatic carbocycles. The first-order valence-electron chi connectivity index (χ1n) is 13.9. The van der Waals surface area contributed by atoms with Gasteiger partial charge in [-0.2, -0.15) is 0 Å². The van der Waals surface area contributed by atoms with Crippen molar-refractivity contribution in [2.45, 2.75) is 32.0 Å². The minimum Gasteiger partial charge on any atom is -0.321 e. The van der Waals surface area contributed by atoms with Crippen molar-refractivity contribution in [1.82, 2.24) is 14.5 Å². The van der Waals surface area contributed by atoms with Gasteiger partial charge in [0.2, 0.25) is 0 Å². The number of nitrogens with zero attached hydrogens (tertiary/aromatic N) is 4. The number of H-pyrrole nitrogens is 1. The maximum Gasteiger partial charge on any atom is 0.326 e. The number of nitrogens with one attached hydrogen (secondary N) is 1. The highest BCUT2D eigenvalue weighted by Crippen LogP contribution is 2.37. The van der Waals surface area contributed by atoms with Crippen LogP contribution in [0.2, 0.25) is 10.0 Å². The molecule has 2 aliphatic rings. The molecule has 6 nitrogen and oxygen atoms in total. The van der Waals surface area contributed by atoms with E-state index in [1.807, 2.05) is 59.2 Å². The first-order chi connectivity index (χ1) is 20.0. The van der Waals surface area contributed by atoms with Gasteiger partial charge in [0.1, 0.15) is 5.84 Å². The van der Waals surface area contributed by atoms with Crippen LogP contribution in [-0.2, 0) is 13.1 Å². The summed E-state index contributed by atoms with van der Waals surface area (Å²) in [4.78, 5) is 25.4. The second kappa shape index (κ2) is 10.9. The second-order valence-corrected chi connectivity index (χ2v) is 11.6. The van der Waals surface area contributed by atoms with E-state index in [0.717, 1.165) is 71.8 Å². The minimum atomic E-state index is -0.00986. The van der Waals surface area contributed by atoms with Gasteiger partial charge in [0.05, 0.1) is 33.3 Å². The summed E-state index contributed by atoms with van der Waals surface area (Å²) in [5.74, 6) is 0.888. The van der Waals surface area contributed by atoms with Crippen LogP contribution in [0.15, 0.2) is 101 Å². The van der Waals surface area contributed by atoms with Crippen molar-refractivity contribution in [2.24, 2.45) is 4.99 Å². The van der Waals surface area contributed by atoms with Crippen LogP contribution in [0.5, 0.6) is 0 Å². The molecule has 1 aromatic heterocycles. The minimum absolute atomic E-state index is 0.00986. The number of para-hydroxylation sites is 2. The fourth-order valence-corrected chi connectivity index (χ4v) is 6.41. The van der Waals surface area contributed by atoms with Crippen LogP contribution in [0.4, 0.5) is 11.4 Å². The van der Waals surface area contributed by atoms with E-state index in [1.165, 1.54) is 5.56 Å². The Balaban J connectivity index is 1.07. The molecule has 7 rings (SSSR count). The molecular weight excluding hydrogens is 553 g/mol. The lowest BCUT2D eigenvalue weighted by molar-refractivity contribution is 0.180. The molecule has 0 amide bonds. The largest absolute Gasteiger partial charge is 0.326 e. The molecule has 1 saturated heterocycles. The van der Waals surface area contributed by atoms with Gasteiger partial charge in [-0.05, 0) is 60.4 Å². The molecule has 0 unspecified atom stereocenters. The number of aliphatic imine (C=N–C) groups is 1. The number of piperidine rings is 1. The van der Waals surface area contributed by atoms with E-state index >= 15 is 0 Å². The summed E-state index contributed by atoms with van der Waals surface area (Å²) >= 11 is 12.7. The van der Waals surface area contributed by atoms with E-state index < -0.39 is 0 Å². The zero-order valence-electron chi connectivity index (χ0n) is 22.4. The van der Waals surface area contributed by atoms with Gasteiger partial charge in [0, 0.05) is 36.9 Å². The molecule has 4 aromatic carbocycles. The predicted molar refractivity (Wildman–Crippen MR) is 168 cm³/mol. The summed E-state index contributed by atoms with van der Waals surface area (Å²) in [5.41, 5.74) is 7.17. The molecule has 0 saturated carbocycles. The van der Waals surface area contributed by atoms with E-state index in [9.17, 15) is 4.79 Å². The lowest BCUT2D eigenvalue weighted by Gasteiger charge is -2.33. The van der Waals surface area contributed by atoms with Crippen LogP contribution in [0.1, 0.15) is 35.6 Å². The summed E-state index contributed by atoms with van der Waals surface area (Å²) in [5, 5.41) is 1.05. The third kappa shape index (κ3) is 5.08. The molecule has 1 N–H and O–H groups in total. The van der Waals surface area contributed by atoms with E-state index in [1.54, 1.807) is 0 Å². The zero-order valence-corrected chi connectivity index (χ0v) is 23.9. The average Bonchev–Trinajstić information content (AvgIpc) is 3.34. The number of aromatic nitrogens is 2. The fraction of sp³-hybridized carbons (Fsp3) is 0.212. The number of halogens is 2. The molecule has 2 aliphatic heterocycles. The highest BCUT2D eigenvalue weighted by Gasteiger charge is 2.25. The molecule has 1 fully saturated rings. The Morgan fingerprint density at radius 1 is 0.854 bits per heavy atom. The third-order valence-electron chi connectivity index (χ3n) is 8.16. The number of amidine groups is 1. The van der Waals surface area contributed by atoms with Crippen LogP contribution in [0, 0.1) is 0 Å². The number of hydrogen-bond acceptors (Lipinski definition) is 4. The number of anilines is 1. The van der Waals surface area contributed by atoms with E-state index in [4.69, 9.17) is 28.2 Å². The Kier molecular flexibility index (Phi) is 6.91. The van der Waals surface area contributed by atoms with Gasteiger partial charge in [-0.25, -0.2) is 9.79 Å². The second-order valence-electron chi connectivity index (χ2n) is 10.8. The van der Waals surface area contributed by atoms with Crippen molar-refractivity contribution >= 4 is 51.4 Å². The van der Waals surface area contributed by atoms with E-state index in [2.05, 4.69) is 51.2 Å². The number of fused-ring (bicyclic) bond motifs is 2. The molecule has 0 bridgehead atoms. The Morgan fingerprint density at radius 3 is 2.34 bits per heavy atom. The Bertz CT molecular complexity index is 1800. The van der Waals surface area contributed by atoms with E-state index in [-0.39, 0.29) is 11.7 Å². The summed E-state index contributed by atoms with van der Waals surface area (Å²) < 4.78 is 1.95. The lowest BCUT2D eigenvalue weighted by Crippen LogP contribution is -2.36. The van der Waals surface area contributed by atoms with Gasteiger partial charge < -0.3 is 9.88 Å². The Hall–Kier alpha value is -3.84. The van der Waals surface area contributed by atoms with Crippen molar-refractivity contribution in [3.63, 3.8) is 0 Å². The van der Waals surface area contributed by atoms with E-state index in [0.29, 0.717) is 16.6 Å². The van der Waals surface area contributed by atoms with Gasteiger partial charge >= 0.3 is 5.69 Å². The number of likely N-dealkylation sites (tertiary alicyclic amines) is 1. The zero-order chi connectivity index (χ0) is 27.9. The summed E-state index contributed by atoms with van der Waals surface area (Å²) in [6.45, 7) is 3.44. The van der Waals surface area contributed by atoms with Gasteiger partial charge in [0.15, 0.2) is 0 Å². The van der Waals surface area contributed by atoms with Crippen LogP contribution in [0.25, 0.3) is 11.0 Å². The molecule has 206 valence electrons. The maximum atomic E-state index is 12.7. The molecule has 5 aromatic rings. The highest BCUT2D eigenvalue weighted by molar-refractivity contribution is 6.42. The Labute approximate surface area is 248 Å².